The minimum Gasteiger partial charge on any atom is -0.332 e. The summed E-state index contributed by atoms with van der Waals surface area (Å²) in [7, 11) is 0. The lowest BCUT2D eigenvalue weighted by molar-refractivity contribution is 0.0914. The Bertz CT molecular complexity index is 553. The van der Waals surface area contributed by atoms with Crippen LogP contribution < -0.4 is 5.32 Å². The fourth-order valence-electron chi connectivity index (χ4n) is 2.79. The van der Waals surface area contributed by atoms with Crippen molar-refractivity contribution in [3.8, 4) is 6.07 Å². The Morgan fingerprint density at radius 1 is 1.45 bits per heavy atom. The van der Waals surface area contributed by atoms with E-state index < -0.39 is 5.54 Å². The zero-order chi connectivity index (χ0) is 15.0. The van der Waals surface area contributed by atoms with Crippen molar-refractivity contribution in [3.63, 3.8) is 0 Å². The fourth-order valence-corrected chi connectivity index (χ4v) is 2.79. The van der Waals surface area contributed by atoms with Gasteiger partial charge in [0.25, 0.3) is 5.91 Å². The lowest BCUT2D eigenvalue weighted by Crippen LogP contribution is -2.45. The summed E-state index contributed by atoms with van der Waals surface area (Å²) in [5, 5.41) is 16.6. The Morgan fingerprint density at radius 3 is 2.50 bits per heavy atom. The molecule has 1 aromatic heterocycles. The van der Waals surface area contributed by atoms with E-state index >= 15 is 0 Å². The van der Waals surface area contributed by atoms with Gasteiger partial charge in [-0.05, 0) is 59.4 Å². The van der Waals surface area contributed by atoms with E-state index in [0.717, 1.165) is 31.4 Å². The van der Waals surface area contributed by atoms with Crippen LogP contribution in [0.5, 0.6) is 0 Å². The molecule has 20 heavy (non-hydrogen) atoms. The number of nitriles is 1. The van der Waals surface area contributed by atoms with E-state index in [1.54, 1.807) is 6.07 Å². The van der Waals surface area contributed by atoms with Crippen LogP contribution >= 0.6 is 0 Å². The maximum Gasteiger partial charge on any atom is 0.273 e. The molecule has 2 rings (SSSR count). The predicted octanol–water partition coefficient (Wildman–Crippen LogP) is 2.51. The second-order valence-corrected chi connectivity index (χ2v) is 6.61. The SMILES string of the molecule is Cc1cc(C(=O)NC2(C#N)CCCC2)nn1C(C)(C)C. The molecular weight excluding hydrogens is 252 g/mol. The molecule has 1 aliphatic carbocycles. The number of rotatable bonds is 2. The minimum atomic E-state index is -0.698. The third-order valence-electron chi connectivity index (χ3n) is 3.78. The van der Waals surface area contributed by atoms with Crippen molar-refractivity contribution < 1.29 is 4.79 Å². The van der Waals surface area contributed by atoms with Gasteiger partial charge in [0.15, 0.2) is 0 Å². The first-order valence-corrected chi connectivity index (χ1v) is 7.08. The van der Waals surface area contributed by atoms with Gasteiger partial charge in [-0.3, -0.25) is 9.48 Å². The molecule has 0 saturated heterocycles. The van der Waals surface area contributed by atoms with Crippen LogP contribution in [-0.4, -0.2) is 21.2 Å². The third kappa shape index (κ3) is 2.69. The molecule has 108 valence electrons. The molecule has 1 saturated carbocycles. The molecule has 0 unspecified atom stereocenters. The Morgan fingerprint density at radius 2 is 2.05 bits per heavy atom. The van der Waals surface area contributed by atoms with Crippen molar-refractivity contribution in [3.05, 3.63) is 17.5 Å². The number of aromatic nitrogens is 2. The molecule has 1 amide bonds. The van der Waals surface area contributed by atoms with Crippen LogP contribution in [0.3, 0.4) is 0 Å². The summed E-state index contributed by atoms with van der Waals surface area (Å²) in [6, 6.07) is 4.04. The van der Waals surface area contributed by atoms with Gasteiger partial charge in [-0.15, -0.1) is 0 Å². The molecular formula is C15H22N4O. The van der Waals surface area contributed by atoms with Gasteiger partial charge in [-0.1, -0.05) is 0 Å². The third-order valence-corrected chi connectivity index (χ3v) is 3.78. The zero-order valence-corrected chi connectivity index (χ0v) is 12.7. The van der Waals surface area contributed by atoms with E-state index in [1.807, 2.05) is 32.4 Å². The topological polar surface area (TPSA) is 70.7 Å². The van der Waals surface area contributed by atoms with Gasteiger partial charge >= 0.3 is 0 Å². The number of aryl methyl sites for hydroxylation is 1. The summed E-state index contributed by atoms with van der Waals surface area (Å²) < 4.78 is 1.84. The van der Waals surface area contributed by atoms with E-state index in [4.69, 9.17) is 0 Å². The highest BCUT2D eigenvalue weighted by atomic mass is 16.2. The summed E-state index contributed by atoms with van der Waals surface area (Å²) in [6.45, 7) is 8.07. The van der Waals surface area contributed by atoms with E-state index in [0.29, 0.717) is 5.69 Å². The van der Waals surface area contributed by atoms with Crippen LogP contribution in [-0.2, 0) is 5.54 Å². The van der Waals surface area contributed by atoms with Gasteiger partial charge < -0.3 is 5.32 Å². The average molecular weight is 274 g/mol. The number of amides is 1. The summed E-state index contributed by atoms with van der Waals surface area (Å²) in [5.74, 6) is -0.250. The average Bonchev–Trinajstić information content (AvgIpc) is 2.95. The predicted molar refractivity (Wildman–Crippen MR) is 76.2 cm³/mol. The van der Waals surface area contributed by atoms with Crippen LogP contribution in [0, 0.1) is 18.3 Å². The normalized spacial score (nSPS) is 17.8. The van der Waals surface area contributed by atoms with E-state index in [9.17, 15) is 10.1 Å². The second kappa shape index (κ2) is 4.93. The van der Waals surface area contributed by atoms with Crippen LogP contribution in [0.25, 0.3) is 0 Å². The van der Waals surface area contributed by atoms with E-state index in [2.05, 4.69) is 16.5 Å². The van der Waals surface area contributed by atoms with Crippen molar-refractivity contribution in [2.24, 2.45) is 0 Å². The van der Waals surface area contributed by atoms with Crippen molar-refractivity contribution in [1.29, 1.82) is 5.26 Å². The summed E-state index contributed by atoms with van der Waals surface area (Å²) >= 11 is 0. The summed E-state index contributed by atoms with van der Waals surface area (Å²) in [5.41, 5.74) is 0.471. The molecule has 0 aromatic carbocycles. The number of carbonyl (C=O) groups is 1. The number of hydrogen-bond donors (Lipinski definition) is 1. The zero-order valence-electron chi connectivity index (χ0n) is 12.7. The summed E-state index contributed by atoms with van der Waals surface area (Å²) in [4.78, 5) is 12.3. The lowest BCUT2D eigenvalue weighted by atomic mass is 10.00. The van der Waals surface area contributed by atoms with Gasteiger partial charge in [0, 0.05) is 5.69 Å². The van der Waals surface area contributed by atoms with Crippen molar-refractivity contribution >= 4 is 5.91 Å². The van der Waals surface area contributed by atoms with Gasteiger partial charge in [-0.2, -0.15) is 10.4 Å². The lowest BCUT2D eigenvalue weighted by Gasteiger charge is -2.22. The highest BCUT2D eigenvalue weighted by Crippen LogP contribution is 2.29. The molecule has 1 fully saturated rings. The molecule has 1 N–H and O–H groups in total. The standard InChI is InChI=1S/C15H22N4O/c1-11-9-12(18-19(11)14(2,3)4)13(20)17-15(10-16)7-5-6-8-15/h9H,5-8H2,1-4H3,(H,17,20). The first kappa shape index (κ1) is 14.6. The fraction of sp³-hybridized carbons (Fsp3) is 0.667. The van der Waals surface area contributed by atoms with Gasteiger partial charge in [-0.25, -0.2) is 0 Å². The van der Waals surface area contributed by atoms with Gasteiger partial charge in [0.05, 0.1) is 11.6 Å². The van der Waals surface area contributed by atoms with Crippen molar-refractivity contribution in [1.82, 2.24) is 15.1 Å². The molecule has 5 nitrogen and oxygen atoms in total. The maximum absolute atomic E-state index is 12.3. The quantitative estimate of drug-likeness (QED) is 0.900. The highest BCUT2D eigenvalue weighted by molar-refractivity contribution is 5.93. The Kier molecular flexibility index (Phi) is 3.59. The van der Waals surface area contributed by atoms with Gasteiger partial charge in [0.2, 0.25) is 0 Å². The Balaban J connectivity index is 2.21. The molecule has 1 aromatic rings. The van der Waals surface area contributed by atoms with E-state index in [1.165, 1.54) is 0 Å². The molecule has 0 atom stereocenters. The van der Waals surface area contributed by atoms with Gasteiger partial charge in [0.1, 0.15) is 11.2 Å². The van der Waals surface area contributed by atoms with Crippen molar-refractivity contribution in [2.75, 3.05) is 0 Å². The molecule has 0 spiro atoms. The number of carbonyl (C=O) groups excluding carboxylic acids is 1. The smallest absolute Gasteiger partial charge is 0.273 e. The van der Waals surface area contributed by atoms with Crippen LogP contribution in [0.2, 0.25) is 0 Å². The molecule has 5 heteroatoms. The highest BCUT2D eigenvalue weighted by Gasteiger charge is 2.36. The number of nitrogens with zero attached hydrogens (tertiary/aromatic N) is 3. The first-order chi connectivity index (χ1) is 9.27. The summed E-state index contributed by atoms with van der Waals surface area (Å²) in [6.07, 6.45) is 3.44. The number of hydrogen-bond acceptors (Lipinski definition) is 3. The Labute approximate surface area is 120 Å². The molecule has 0 aliphatic heterocycles. The Hall–Kier alpha value is -1.83. The maximum atomic E-state index is 12.3. The second-order valence-electron chi connectivity index (χ2n) is 6.61. The molecule has 1 aliphatic rings. The van der Waals surface area contributed by atoms with Crippen LogP contribution in [0.1, 0.15) is 62.6 Å². The number of nitrogens with one attached hydrogen (secondary N) is 1. The van der Waals surface area contributed by atoms with Crippen molar-refractivity contribution in [2.45, 2.75) is 64.5 Å². The molecule has 0 radical (unpaired) electrons. The largest absolute Gasteiger partial charge is 0.332 e. The molecule has 0 bridgehead atoms. The first-order valence-electron chi connectivity index (χ1n) is 7.08. The monoisotopic (exact) mass is 274 g/mol. The van der Waals surface area contributed by atoms with E-state index in [-0.39, 0.29) is 11.4 Å². The van der Waals surface area contributed by atoms with Crippen LogP contribution in [0.15, 0.2) is 6.07 Å². The minimum absolute atomic E-state index is 0.164. The molecule has 1 heterocycles. The van der Waals surface area contributed by atoms with Crippen LogP contribution in [0.4, 0.5) is 0 Å².